The van der Waals surface area contributed by atoms with Crippen molar-refractivity contribution in [3.05, 3.63) is 53.6 Å². The highest BCUT2D eigenvalue weighted by atomic mass is 32.2. The van der Waals surface area contributed by atoms with Crippen LogP contribution in [-0.2, 0) is 10.0 Å². The van der Waals surface area contributed by atoms with Crippen molar-refractivity contribution >= 4 is 27.3 Å². The average Bonchev–Trinajstić information content (AvgIpc) is 2.49. The van der Waals surface area contributed by atoms with E-state index in [0.717, 1.165) is 6.26 Å². The summed E-state index contributed by atoms with van der Waals surface area (Å²) in [6.07, 6.45) is 0.997. The Balaban J connectivity index is 2.26. The summed E-state index contributed by atoms with van der Waals surface area (Å²) in [4.78, 5) is 12.3. The molecule has 25 heavy (non-hydrogen) atoms. The van der Waals surface area contributed by atoms with Crippen molar-refractivity contribution in [2.24, 2.45) is 0 Å². The van der Waals surface area contributed by atoms with Gasteiger partial charge in [-0.05, 0) is 36.8 Å². The molecule has 0 unspecified atom stereocenters. The SMILES string of the molecule is Cc1ccc(C(=O)Nc2ccccc2OC(F)F)cc1NS(C)(=O)=O. The molecule has 134 valence electrons. The monoisotopic (exact) mass is 370 g/mol. The molecule has 0 saturated carbocycles. The molecule has 0 atom stereocenters. The Morgan fingerprint density at radius 3 is 2.44 bits per heavy atom. The van der Waals surface area contributed by atoms with Gasteiger partial charge in [-0.1, -0.05) is 18.2 Å². The molecule has 6 nitrogen and oxygen atoms in total. The quantitative estimate of drug-likeness (QED) is 0.818. The van der Waals surface area contributed by atoms with Crippen LogP contribution in [0.15, 0.2) is 42.5 Å². The lowest BCUT2D eigenvalue weighted by Crippen LogP contribution is -2.15. The Kier molecular flexibility index (Phi) is 5.58. The molecule has 0 spiro atoms. The number of halogens is 2. The van der Waals surface area contributed by atoms with E-state index in [9.17, 15) is 22.0 Å². The number of carbonyl (C=O) groups is 1. The molecule has 1 amide bonds. The fourth-order valence-corrected chi connectivity index (χ4v) is 2.66. The first-order chi connectivity index (χ1) is 11.7. The van der Waals surface area contributed by atoms with E-state index in [1.165, 1.54) is 30.3 Å². The summed E-state index contributed by atoms with van der Waals surface area (Å²) in [6, 6.07) is 10.2. The first kappa shape index (κ1) is 18.7. The molecule has 0 aromatic heterocycles. The maximum atomic E-state index is 12.4. The topological polar surface area (TPSA) is 84.5 Å². The number of alkyl halides is 2. The van der Waals surface area contributed by atoms with Gasteiger partial charge in [-0.25, -0.2) is 8.42 Å². The van der Waals surface area contributed by atoms with Crippen LogP contribution < -0.4 is 14.8 Å². The number of ether oxygens (including phenoxy) is 1. The van der Waals surface area contributed by atoms with E-state index in [2.05, 4.69) is 14.8 Å². The summed E-state index contributed by atoms with van der Waals surface area (Å²) in [5.74, 6) is -0.769. The third kappa shape index (κ3) is 5.42. The predicted molar refractivity (Wildman–Crippen MR) is 90.7 cm³/mol. The van der Waals surface area contributed by atoms with Gasteiger partial charge in [-0.15, -0.1) is 0 Å². The second-order valence-electron chi connectivity index (χ2n) is 5.23. The van der Waals surface area contributed by atoms with Gasteiger partial charge in [0.1, 0.15) is 5.75 Å². The number of hydrogen-bond donors (Lipinski definition) is 2. The molecule has 0 fully saturated rings. The van der Waals surface area contributed by atoms with Crippen molar-refractivity contribution in [1.29, 1.82) is 0 Å². The van der Waals surface area contributed by atoms with Gasteiger partial charge < -0.3 is 10.1 Å². The lowest BCUT2D eigenvalue weighted by Gasteiger charge is -2.13. The minimum Gasteiger partial charge on any atom is -0.433 e. The maximum absolute atomic E-state index is 12.4. The van der Waals surface area contributed by atoms with Gasteiger partial charge in [0.2, 0.25) is 10.0 Å². The zero-order valence-electron chi connectivity index (χ0n) is 13.4. The van der Waals surface area contributed by atoms with Crippen LogP contribution in [-0.4, -0.2) is 27.2 Å². The normalized spacial score (nSPS) is 11.2. The van der Waals surface area contributed by atoms with Gasteiger partial charge in [0.05, 0.1) is 17.6 Å². The Bertz CT molecular complexity index is 885. The van der Waals surface area contributed by atoms with Crippen molar-refractivity contribution < 1.29 is 26.7 Å². The predicted octanol–water partition coefficient (Wildman–Crippen LogP) is 3.22. The summed E-state index contributed by atoms with van der Waals surface area (Å²) >= 11 is 0. The first-order valence-corrected chi connectivity index (χ1v) is 8.98. The van der Waals surface area contributed by atoms with Crippen LogP contribution in [0.3, 0.4) is 0 Å². The van der Waals surface area contributed by atoms with Crippen molar-refractivity contribution in [1.82, 2.24) is 0 Å². The summed E-state index contributed by atoms with van der Waals surface area (Å²) in [7, 11) is -3.51. The van der Waals surface area contributed by atoms with E-state index < -0.39 is 22.5 Å². The van der Waals surface area contributed by atoms with Gasteiger partial charge in [-0.3, -0.25) is 9.52 Å². The van der Waals surface area contributed by atoms with Gasteiger partial charge in [-0.2, -0.15) is 8.78 Å². The number of para-hydroxylation sites is 2. The molecule has 0 bridgehead atoms. The lowest BCUT2D eigenvalue weighted by molar-refractivity contribution is -0.0493. The summed E-state index contributed by atoms with van der Waals surface area (Å²) in [6.45, 7) is -1.34. The number of carbonyl (C=O) groups excluding carboxylic acids is 1. The van der Waals surface area contributed by atoms with Gasteiger partial charge >= 0.3 is 6.61 Å². The molecule has 0 heterocycles. The second kappa shape index (κ2) is 7.47. The zero-order valence-corrected chi connectivity index (χ0v) is 14.2. The molecule has 0 radical (unpaired) electrons. The standard InChI is InChI=1S/C16H16F2N2O4S/c1-10-7-8-11(9-13(10)20-25(2,22)23)15(21)19-12-5-3-4-6-14(12)24-16(17)18/h3-9,16,20H,1-2H3,(H,19,21). The molecule has 2 aromatic rings. The maximum Gasteiger partial charge on any atom is 0.387 e. The van der Waals surface area contributed by atoms with Crippen LogP contribution >= 0.6 is 0 Å². The zero-order chi connectivity index (χ0) is 18.6. The summed E-state index contributed by atoms with van der Waals surface area (Å²) in [5.41, 5.74) is 1.12. The van der Waals surface area contributed by atoms with Crippen LogP contribution in [0.1, 0.15) is 15.9 Å². The van der Waals surface area contributed by atoms with E-state index in [4.69, 9.17) is 0 Å². The summed E-state index contributed by atoms with van der Waals surface area (Å²) in [5, 5.41) is 2.47. The number of hydrogen-bond acceptors (Lipinski definition) is 4. The molecule has 9 heteroatoms. The molecule has 0 aliphatic heterocycles. The van der Waals surface area contributed by atoms with Gasteiger partial charge in [0.25, 0.3) is 5.91 Å². The minimum atomic E-state index is -3.51. The lowest BCUT2D eigenvalue weighted by atomic mass is 10.1. The highest BCUT2D eigenvalue weighted by Crippen LogP contribution is 2.26. The van der Waals surface area contributed by atoms with E-state index in [1.54, 1.807) is 19.1 Å². The Labute approximate surface area is 143 Å². The van der Waals surface area contributed by atoms with E-state index in [-0.39, 0.29) is 22.7 Å². The van der Waals surface area contributed by atoms with E-state index in [0.29, 0.717) is 5.56 Å². The number of nitrogens with one attached hydrogen (secondary N) is 2. The third-order valence-corrected chi connectivity index (χ3v) is 3.74. The third-order valence-electron chi connectivity index (χ3n) is 3.15. The first-order valence-electron chi connectivity index (χ1n) is 7.09. The Hall–Kier alpha value is -2.68. The molecular formula is C16H16F2N2O4S. The number of anilines is 2. The summed E-state index contributed by atoms with van der Waals surface area (Å²) < 4.78 is 54.2. The minimum absolute atomic E-state index is 0.0750. The van der Waals surface area contributed by atoms with Crippen LogP contribution in [0.4, 0.5) is 20.2 Å². The van der Waals surface area contributed by atoms with Crippen molar-refractivity contribution in [2.75, 3.05) is 16.3 Å². The van der Waals surface area contributed by atoms with Crippen LogP contribution in [0.25, 0.3) is 0 Å². The molecule has 0 aliphatic carbocycles. The van der Waals surface area contributed by atoms with Crippen molar-refractivity contribution in [3.63, 3.8) is 0 Å². The van der Waals surface area contributed by atoms with E-state index >= 15 is 0 Å². The number of benzene rings is 2. The fourth-order valence-electron chi connectivity index (χ4n) is 2.04. The smallest absolute Gasteiger partial charge is 0.387 e. The second-order valence-corrected chi connectivity index (χ2v) is 6.98. The molecular weight excluding hydrogens is 354 g/mol. The highest BCUT2D eigenvalue weighted by Gasteiger charge is 2.14. The van der Waals surface area contributed by atoms with Crippen LogP contribution in [0.5, 0.6) is 5.75 Å². The van der Waals surface area contributed by atoms with Crippen LogP contribution in [0, 0.1) is 6.92 Å². The average molecular weight is 370 g/mol. The number of rotatable bonds is 6. The van der Waals surface area contributed by atoms with Crippen molar-refractivity contribution in [3.8, 4) is 5.75 Å². The highest BCUT2D eigenvalue weighted by molar-refractivity contribution is 7.92. The van der Waals surface area contributed by atoms with Crippen molar-refractivity contribution in [2.45, 2.75) is 13.5 Å². The van der Waals surface area contributed by atoms with Gasteiger partial charge in [0, 0.05) is 5.56 Å². The molecule has 2 aromatic carbocycles. The van der Waals surface area contributed by atoms with Crippen LogP contribution in [0.2, 0.25) is 0 Å². The van der Waals surface area contributed by atoms with E-state index in [1.807, 2.05) is 0 Å². The largest absolute Gasteiger partial charge is 0.433 e. The Morgan fingerprint density at radius 1 is 1.12 bits per heavy atom. The fraction of sp³-hybridized carbons (Fsp3) is 0.188. The van der Waals surface area contributed by atoms with Gasteiger partial charge in [0.15, 0.2) is 0 Å². The molecule has 2 N–H and O–H groups in total. The molecule has 0 saturated heterocycles. The molecule has 0 aliphatic rings. The Morgan fingerprint density at radius 2 is 1.80 bits per heavy atom. The number of amides is 1. The number of aryl methyl sites for hydroxylation is 1. The molecule has 2 rings (SSSR count). The number of sulfonamides is 1.